The van der Waals surface area contributed by atoms with Crippen molar-refractivity contribution in [1.29, 1.82) is 0 Å². The van der Waals surface area contributed by atoms with Crippen molar-refractivity contribution in [3.63, 3.8) is 0 Å². The van der Waals surface area contributed by atoms with Crippen LogP contribution in [0.4, 0.5) is 11.6 Å². The summed E-state index contributed by atoms with van der Waals surface area (Å²) >= 11 is 11.2. The molecular formula is C25H19Cl2MnN5O3. The zero-order valence-corrected chi connectivity index (χ0v) is 21.7. The van der Waals surface area contributed by atoms with Gasteiger partial charge in [-0.15, -0.1) is 0 Å². The predicted molar refractivity (Wildman–Crippen MR) is 138 cm³/mol. The summed E-state index contributed by atoms with van der Waals surface area (Å²) in [6.07, 6.45) is 1.99. The monoisotopic (exact) mass is 562 g/mol. The van der Waals surface area contributed by atoms with E-state index in [0.717, 1.165) is 11.1 Å². The van der Waals surface area contributed by atoms with E-state index in [1.54, 1.807) is 22.8 Å². The quantitative estimate of drug-likeness (QED) is 0.253. The number of anilines is 2. The Labute approximate surface area is 221 Å². The summed E-state index contributed by atoms with van der Waals surface area (Å²) in [5.41, 5.74) is 4.14. The second kappa shape index (κ2) is 11.1. The van der Waals surface area contributed by atoms with Gasteiger partial charge in [0.1, 0.15) is 5.82 Å². The van der Waals surface area contributed by atoms with E-state index >= 15 is 0 Å². The van der Waals surface area contributed by atoms with E-state index < -0.39 is 14.8 Å². The summed E-state index contributed by atoms with van der Waals surface area (Å²) in [6, 6.07) is 18.8. The zero-order valence-electron chi connectivity index (χ0n) is 19.1. The first-order valence-electron chi connectivity index (χ1n) is 10.6. The van der Waals surface area contributed by atoms with Crippen molar-refractivity contribution in [3.8, 4) is 0 Å². The molecule has 0 aliphatic carbocycles. The average Bonchev–Trinajstić information content (AvgIpc) is 3.17. The number of nitrogens with one attached hydrogen (secondary N) is 2. The number of hydrogen-bond donors (Lipinski definition) is 2. The Balaban J connectivity index is 0.000000967. The van der Waals surface area contributed by atoms with Crippen molar-refractivity contribution < 1.29 is 22.5 Å². The number of hydrogen-bond acceptors (Lipinski definition) is 6. The van der Waals surface area contributed by atoms with Gasteiger partial charge in [-0.3, -0.25) is 4.79 Å². The molecule has 0 spiro atoms. The van der Waals surface area contributed by atoms with E-state index in [1.807, 2.05) is 62.5 Å². The van der Waals surface area contributed by atoms with Crippen LogP contribution in [0, 0.1) is 0 Å². The van der Waals surface area contributed by atoms with E-state index in [0.29, 0.717) is 49.4 Å². The molecule has 3 aromatic carbocycles. The first kappa shape index (κ1) is 25.6. The number of aromatic amines is 1. The number of aromatic nitrogens is 4. The molecule has 0 aliphatic rings. The Morgan fingerprint density at radius 1 is 0.972 bits per heavy atom. The fraction of sp³-hybridized carbons (Fsp3) is 0.0800. The van der Waals surface area contributed by atoms with Crippen LogP contribution in [0.3, 0.4) is 0 Å². The molecule has 0 atom stereocenters. The van der Waals surface area contributed by atoms with E-state index in [2.05, 4.69) is 15.3 Å². The number of allylic oxidation sites excluding steroid dienone is 1. The third-order valence-electron chi connectivity index (χ3n) is 5.46. The summed E-state index contributed by atoms with van der Waals surface area (Å²) in [5, 5.41) is 4.61. The number of halogens is 2. The molecule has 0 aliphatic heterocycles. The summed E-state index contributed by atoms with van der Waals surface area (Å²) in [7, 11) is 1.83. The first-order valence-corrected chi connectivity index (χ1v) is 12.3. The van der Waals surface area contributed by atoms with Crippen LogP contribution in [0.2, 0.25) is 10.0 Å². The number of nitrogens with zero attached hydrogens (tertiary/aromatic N) is 3. The van der Waals surface area contributed by atoms with Crippen molar-refractivity contribution in [3.05, 3.63) is 92.5 Å². The zero-order chi connectivity index (χ0) is 25.8. The minimum atomic E-state index is -1.44. The van der Waals surface area contributed by atoms with Crippen molar-refractivity contribution in [2.75, 3.05) is 5.32 Å². The summed E-state index contributed by atoms with van der Waals surface area (Å²) in [6.45, 7) is 1.93. The number of benzene rings is 3. The summed E-state index contributed by atoms with van der Waals surface area (Å²) < 4.78 is 18.6. The number of H-pyrrole nitrogens is 1. The molecule has 0 saturated heterocycles. The van der Waals surface area contributed by atoms with Crippen LogP contribution in [0.1, 0.15) is 18.3 Å². The van der Waals surface area contributed by atoms with Gasteiger partial charge < -0.3 is 14.9 Å². The average molecular weight is 563 g/mol. The molecular weight excluding hydrogens is 544 g/mol. The van der Waals surface area contributed by atoms with Gasteiger partial charge >= 0.3 is 22.5 Å². The first-order chi connectivity index (χ1) is 17.3. The molecule has 183 valence electrons. The molecule has 0 amide bonds. The van der Waals surface area contributed by atoms with Crippen LogP contribution in [0.15, 0.2) is 65.5 Å². The van der Waals surface area contributed by atoms with E-state index in [1.165, 1.54) is 0 Å². The molecule has 2 heterocycles. The second-order valence-corrected chi connectivity index (χ2v) is 8.77. The Kier molecular flexibility index (Phi) is 7.86. The van der Waals surface area contributed by atoms with E-state index in [-0.39, 0.29) is 5.56 Å². The number of rotatable bonds is 4. The molecule has 5 rings (SSSR count). The maximum atomic E-state index is 13.2. The van der Waals surface area contributed by atoms with Gasteiger partial charge in [0, 0.05) is 7.05 Å². The number of aryl methyl sites for hydroxylation is 1. The molecule has 0 unspecified atom stereocenters. The van der Waals surface area contributed by atoms with Crippen LogP contribution >= 0.6 is 23.2 Å². The van der Waals surface area contributed by atoms with Crippen molar-refractivity contribution in [2.24, 2.45) is 7.05 Å². The number of para-hydroxylation sites is 1. The molecule has 0 bridgehead atoms. The molecule has 2 aromatic heterocycles. The molecule has 0 radical (unpaired) electrons. The van der Waals surface area contributed by atoms with Crippen LogP contribution in [-0.2, 0) is 29.5 Å². The molecule has 0 fully saturated rings. The van der Waals surface area contributed by atoms with Crippen LogP contribution in [0.25, 0.3) is 33.6 Å². The molecule has 2 N–H and O–H groups in total. The number of fused-ring (bicyclic) bond motifs is 3. The molecule has 0 saturated carbocycles. The van der Waals surface area contributed by atoms with Gasteiger partial charge in [-0.05, 0) is 48.4 Å². The van der Waals surface area contributed by atoms with Crippen LogP contribution in [-0.4, -0.2) is 19.5 Å². The topological polar surface area (TPSA) is 110 Å². The van der Waals surface area contributed by atoms with Gasteiger partial charge in [0.05, 0.1) is 37.7 Å². The van der Waals surface area contributed by atoms with Gasteiger partial charge in [-0.25, -0.2) is 9.97 Å². The van der Waals surface area contributed by atoms with Crippen LogP contribution < -0.4 is 10.9 Å². The third-order valence-corrected chi connectivity index (χ3v) is 6.09. The second-order valence-electron chi connectivity index (χ2n) is 7.76. The van der Waals surface area contributed by atoms with Gasteiger partial charge in [-0.2, -0.15) is 0 Å². The van der Waals surface area contributed by atoms with Crippen molar-refractivity contribution >= 4 is 68.4 Å². The van der Waals surface area contributed by atoms with Gasteiger partial charge in [0.2, 0.25) is 5.95 Å². The van der Waals surface area contributed by atoms with E-state index in [4.69, 9.17) is 35.9 Å². The third kappa shape index (κ3) is 5.20. The summed E-state index contributed by atoms with van der Waals surface area (Å²) in [5.74, 6) is 1.04. The molecule has 36 heavy (non-hydrogen) atoms. The van der Waals surface area contributed by atoms with E-state index in [9.17, 15) is 4.79 Å². The Hall–Kier alpha value is -3.49. The van der Waals surface area contributed by atoms with Crippen LogP contribution in [0.5, 0.6) is 0 Å². The van der Waals surface area contributed by atoms with Gasteiger partial charge in [0.15, 0.2) is 0 Å². The molecule has 8 nitrogen and oxygen atoms in total. The van der Waals surface area contributed by atoms with Crippen molar-refractivity contribution in [1.82, 2.24) is 19.5 Å². The minimum absolute atomic E-state index is 0.230. The fourth-order valence-corrected chi connectivity index (χ4v) is 4.32. The predicted octanol–water partition coefficient (Wildman–Crippen LogP) is 6.18. The fourth-order valence-electron chi connectivity index (χ4n) is 3.82. The Bertz CT molecular complexity index is 1690. The summed E-state index contributed by atoms with van der Waals surface area (Å²) in [4.78, 5) is 25.5. The SMILES string of the molecule is C/C(=C\c1ccccc1)c1nc2ccc3nc(Nc4c(Cl)cccc4Cl)n(C)c3c2c(=O)[nH]1.[O]=[Mn]=[O]. The standard InChI is InChI=1S/C25H19Cl2N5O.Mn.2O/c1-14(13-15-7-4-3-5-8-15)23-28-18-11-12-19-22(20(18)24(33)31-23)32(2)25(29-19)30-21-16(26)9-6-10-17(21)27;;;/h3-13H,1-2H3,(H,29,30)(H,28,31,33);;;/b14-13+;;;. The van der Waals surface area contributed by atoms with Gasteiger partial charge in [0.25, 0.3) is 5.56 Å². The Morgan fingerprint density at radius 2 is 1.61 bits per heavy atom. The Morgan fingerprint density at radius 3 is 2.28 bits per heavy atom. The maximum absolute atomic E-state index is 13.2. The normalized spacial score (nSPS) is 11.3. The number of imidazole rings is 1. The van der Waals surface area contributed by atoms with Gasteiger partial charge in [-0.1, -0.05) is 59.6 Å². The molecule has 5 aromatic rings. The van der Waals surface area contributed by atoms with Crippen molar-refractivity contribution in [2.45, 2.75) is 6.92 Å². The molecule has 11 heteroatoms.